The Balaban J connectivity index is 2.45. The van der Waals surface area contributed by atoms with Gasteiger partial charge in [-0.25, -0.2) is 8.42 Å². The second kappa shape index (κ2) is 5.60. The molecule has 1 aliphatic rings. The highest BCUT2D eigenvalue weighted by Gasteiger charge is 2.36. The first kappa shape index (κ1) is 15.1. The van der Waals surface area contributed by atoms with Crippen molar-refractivity contribution in [2.45, 2.75) is 24.5 Å². The van der Waals surface area contributed by atoms with Crippen molar-refractivity contribution in [3.8, 4) is 0 Å². The van der Waals surface area contributed by atoms with Gasteiger partial charge in [0.05, 0.1) is 21.4 Å². The number of Topliss-reactive ketones (excluding diaryl/α,β-unsaturated/α-hetero) is 1. The third kappa shape index (κ3) is 3.07. The number of ketones is 1. The quantitative estimate of drug-likeness (QED) is 0.769. The SMILES string of the molecule is O=C(c1c(Cl)cc(Cl)cc1Cl)C1CCCCS1(=O)=O. The number of rotatable bonds is 2. The van der Waals surface area contributed by atoms with Crippen LogP contribution in [0.5, 0.6) is 0 Å². The lowest BCUT2D eigenvalue weighted by Gasteiger charge is -2.21. The molecule has 7 heteroatoms. The summed E-state index contributed by atoms with van der Waals surface area (Å²) in [4.78, 5) is 12.4. The highest BCUT2D eigenvalue weighted by molar-refractivity contribution is 7.92. The molecule has 0 aliphatic carbocycles. The summed E-state index contributed by atoms with van der Waals surface area (Å²) in [6, 6.07) is 2.77. The zero-order valence-corrected chi connectivity index (χ0v) is 12.9. The molecule has 104 valence electrons. The Morgan fingerprint density at radius 1 is 1.11 bits per heavy atom. The fourth-order valence-electron chi connectivity index (χ4n) is 2.19. The first-order chi connectivity index (χ1) is 8.83. The third-order valence-electron chi connectivity index (χ3n) is 3.12. The minimum atomic E-state index is -3.41. The molecule has 0 aromatic heterocycles. The van der Waals surface area contributed by atoms with Gasteiger partial charge in [0.2, 0.25) is 0 Å². The Morgan fingerprint density at radius 2 is 1.68 bits per heavy atom. The lowest BCUT2D eigenvalue weighted by Crippen LogP contribution is -2.35. The standard InChI is InChI=1S/C12H11Cl3O3S/c13-7-5-8(14)11(9(15)6-7)12(16)10-3-1-2-4-19(10,17)18/h5-6,10H,1-4H2. The Hall–Kier alpha value is -0.290. The molecule has 1 heterocycles. The minimum absolute atomic E-state index is 0.0340. The summed E-state index contributed by atoms with van der Waals surface area (Å²) >= 11 is 17.7. The number of carbonyl (C=O) groups excluding carboxylic acids is 1. The number of benzene rings is 1. The second-order valence-electron chi connectivity index (χ2n) is 4.46. The predicted molar refractivity (Wildman–Crippen MR) is 77.2 cm³/mol. The molecule has 1 fully saturated rings. The van der Waals surface area contributed by atoms with Crippen LogP contribution in [0.4, 0.5) is 0 Å². The van der Waals surface area contributed by atoms with Crippen molar-refractivity contribution < 1.29 is 13.2 Å². The van der Waals surface area contributed by atoms with Crippen LogP contribution in [-0.4, -0.2) is 25.2 Å². The molecule has 1 aromatic carbocycles. The van der Waals surface area contributed by atoms with Gasteiger partial charge in [-0.2, -0.15) is 0 Å². The van der Waals surface area contributed by atoms with Gasteiger partial charge in [0.25, 0.3) is 0 Å². The summed E-state index contributed by atoms with van der Waals surface area (Å²) in [5.41, 5.74) is 0.0446. The van der Waals surface area contributed by atoms with Crippen LogP contribution >= 0.6 is 34.8 Å². The molecule has 1 unspecified atom stereocenters. The van der Waals surface area contributed by atoms with Crippen LogP contribution in [0.15, 0.2) is 12.1 Å². The van der Waals surface area contributed by atoms with Gasteiger partial charge in [0.15, 0.2) is 15.6 Å². The molecule has 19 heavy (non-hydrogen) atoms. The summed E-state index contributed by atoms with van der Waals surface area (Å²) in [6.45, 7) is 0. The van der Waals surface area contributed by atoms with Crippen molar-refractivity contribution in [2.75, 3.05) is 5.75 Å². The molecular formula is C12H11Cl3O3S. The van der Waals surface area contributed by atoms with Crippen LogP contribution in [0, 0.1) is 0 Å². The van der Waals surface area contributed by atoms with Crippen LogP contribution < -0.4 is 0 Å². The second-order valence-corrected chi connectivity index (χ2v) is 8.01. The van der Waals surface area contributed by atoms with Gasteiger partial charge in [-0.1, -0.05) is 41.2 Å². The largest absolute Gasteiger partial charge is 0.293 e. The van der Waals surface area contributed by atoms with Crippen LogP contribution in [0.1, 0.15) is 29.6 Å². The summed E-state index contributed by atoms with van der Waals surface area (Å²) in [7, 11) is -3.41. The fraction of sp³-hybridized carbons (Fsp3) is 0.417. The molecule has 0 bridgehead atoms. The monoisotopic (exact) mass is 340 g/mol. The van der Waals surface area contributed by atoms with Gasteiger partial charge >= 0.3 is 0 Å². The number of carbonyl (C=O) groups is 1. The van der Waals surface area contributed by atoms with E-state index in [1.54, 1.807) is 0 Å². The van der Waals surface area contributed by atoms with E-state index in [0.29, 0.717) is 24.3 Å². The van der Waals surface area contributed by atoms with Gasteiger partial charge in [-0.3, -0.25) is 4.79 Å². The van der Waals surface area contributed by atoms with Gasteiger partial charge in [-0.05, 0) is 25.0 Å². The average Bonchev–Trinajstić information content (AvgIpc) is 2.26. The number of hydrogen-bond donors (Lipinski definition) is 0. The zero-order chi connectivity index (χ0) is 14.2. The van der Waals surface area contributed by atoms with Crippen molar-refractivity contribution in [3.05, 3.63) is 32.8 Å². The van der Waals surface area contributed by atoms with Gasteiger partial charge in [0, 0.05) is 5.02 Å². The Bertz CT molecular complexity index is 602. The number of sulfone groups is 1. The van der Waals surface area contributed by atoms with Crippen LogP contribution in [0.3, 0.4) is 0 Å². The molecule has 0 N–H and O–H groups in total. The average molecular weight is 342 g/mol. The molecule has 0 saturated carbocycles. The Labute approximate surface area is 126 Å². The molecule has 0 radical (unpaired) electrons. The first-order valence-electron chi connectivity index (χ1n) is 5.73. The smallest absolute Gasteiger partial charge is 0.183 e. The molecule has 1 saturated heterocycles. The highest BCUT2D eigenvalue weighted by atomic mass is 35.5. The van der Waals surface area contributed by atoms with Crippen LogP contribution in [0.25, 0.3) is 0 Å². The topological polar surface area (TPSA) is 51.2 Å². The van der Waals surface area contributed by atoms with E-state index in [1.807, 2.05) is 0 Å². The van der Waals surface area contributed by atoms with E-state index < -0.39 is 20.9 Å². The van der Waals surface area contributed by atoms with E-state index in [2.05, 4.69) is 0 Å². The van der Waals surface area contributed by atoms with E-state index >= 15 is 0 Å². The maximum absolute atomic E-state index is 12.4. The minimum Gasteiger partial charge on any atom is -0.293 e. The Kier molecular flexibility index (Phi) is 4.45. The zero-order valence-electron chi connectivity index (χ0n) is 9.83. The van der Waals surface area contributed by atoms with E-state index in [0.717, 1.165) is 0 Å². The van der Waals surface area contributed by atoms with Crippen molar-refractivity contribution in [3.63, 3.8) is 0 Å². The normalized spacial score (nSPS) is 22.2. The molecule has 0 spiro atoms. The lowest BCUT2D eigenvalue weighted by atomic mass is 10.0. The predicted octanol–water partition coefficient (Wildman–Crippen LogP) is 3.80. The molecule has 1 aromatic rings. The van der Waals surface area contributed by atoms with Crippen LogP contribution in [0.2, 0.25) is 15.1 Å². The number of hydrogen-bond acceptors (Lipinski definition) is 3. The fourth-order valence-corrected chi connectivity index (χ4v) is 5.05. The van der Waals surface area contributed by atoms with Crippen molar-refractivity contribution in [2.24, 2.45) is 0 Å². The van der Waals surface area contributed by atoms with Gasteiger partial charge in [-0.15, -0.1) is 0 Å². The maximum atomic E-state index is 12.4. The van der Waals surface area contributed by atoms with Crippen molar-refractivity contribution >= 4 is 50.4 Å². The summed E-state index contributed by atoms with van der Waals surface area (Å²) in [6.07, 6.45) is 1.61. The van der Waals surface area contributed by atoms with Crippen LogP contribution in [-0.2, 0) is 9.84 Å². The molecule has 0 amide bonds. The lowest BCUT2D eigenvalue weighted by molar-refractivity contribution is 0.0982. The maximum Gasteiger partial charge on any atom is 0.183 e. The summed E-state index contributed by atoms with van der Waals surface area (Å²) in [5.74, 6) is -0.502. The molecule has 1 aliphatic heterocycles. The van der Waals surface area contributed by atoms with Crippen molar-refractivity contribution in [1.82, 2.24) is 0 Å². The molecule has 3 nitrogen and oxygen atoms in total. The van der Waals surface area contributed by atoms with E-state index in [9.17, 15) is 13.2 Å². The van der Waals surface area contributed by atoms with E-state index in [1.165, 1.54) is 12.1 Å². The van der Waals surface area contributed by atoms with Gasteiger partial charge in [0.1, 0.15) is 5.25 Å². The van der Waals surface area contributed by atoms with E-state index in [-0.39, 0.29) is 21.4 Å². The summed E-state index contributed by atoms with van der Waals surface area (Å²) < 4.78 is 23.9. The molecular weight excluding hydrogens is 331 g/mol. The first-order valence-corrected chi connectivity index (χ1v) is 8.58. The van der Waals surface area contributed by atoms with Gasteiger partial charge < -0.3 is 0 Å². The van der Waals surface area contributed by atoms with Crippen molar-refractivity contribution in [1.29, 1.82) is 0 Å². The number of halogens is 3. The summed E-state index contributed by atoms with van der Waals surface area (Å²) in [5, 5.41) is -0.568. The third-order valence-corrected chi connectivity index (χ3v) is 6.11. The van der Waals surface area contributed by atoms with E-state index in [4.69, 9.17) is 34.8 Å². The Morgan fingerprint density at radius 3 is 2.21 bits per heavy atom. The highest BCUT2D eigenvalue weighted by Crippen LogP contribution is 2.33. The molecule has 2 rings (SSSR count). The molecule has 1 atom stereocenters.